The summed E-state index contributed by atoms with van der Waals surface area (Å²) in [6.07, 6.45) is 4.24. The van der Waals surface area contributed by atoms with Gasteiger partial charge in [-0.05, 0) is 116 Å². The topological polar surface area (TPSA) is 21.3 Å². The van der Waals surface area contributed by atoms with E-state index in [9.17, 15) is 0 Å². The first-order valence-electron chi connectivity index (χ1n) is 21.2. The number of hydrogen-bond acceptors (Lipinski definition) is 2. The Morgan fingerprint density at radius 3 is 1.79 bits per heavy atom. The van der Waals surface area contributed by atoms with Gasteiger partial charge in [-0.3, -0.25) is 0 Å². The molecule has 13 rings (SSSR count). The molecule has 12 aromatic rings. The van der Waals surface area contributed by atoms with Gasteiger partial charge in [-0.2, -0.15) is 0 Å². The summed E-state index contributed by atoms with van der Waals surface area (Å²) in [5, 5.41) is 14.9. The summed E-state index contributed by atoms with van der Waals surface area (Å²) in [6.45, 7) is 0. The molecule has 0 amide bonds. The van der Waals surface area contributed by atoms with E-state index in [0.717, 1.165) is 40.9 Å². The molecule has 0 spiro atoms. The highest BCUT2D eigenvalue weighted by Gasteiger charge is 2.21. The van der Waals surface area contributed by atoms with E-state index >= 15 is 0 Å². The average Bonchev–Trinajstić information content (AvgIpc) is 3.88. The van der Waals surface area contributed by atoms with Crippen LogP contribution < -0.4 is 15.5 Å². The lowest BCUT2D eigenvalue weighted by molar-refractivity contribution is 0.564. The summed E-state index contributed by atoms with van der Waals surface area (Å²) in [5.41, 5.74) is 11.3. The Hall–Kier alpha value is -7.88. The molecule has 0 aliphatic heterocycles. The van der Waals surface area contributed by atoms with Crippen molar-refractivity contribution in [1.82, 2.24) is 4.57 Å². The lowest BCUT2D eigenvalue weighted by Gasteiger charge is -2.27. The van der Waals surface area contributed by atoms with E-state index < -0.39 is 0 Å². The van der Waals surface area contributed by atoms with Crippen LogP contribution in [0.25, 0.3) is 98.8 Å². The molecule has 61 heavy (non-hydrogen) atoms. The summed E-state index contributed by atoms with van der Waals surface area (Å²) in [7, 11) is 0. The van der Waals surface area contributed by atoms with Crippen LogP contribution in [0.2, 0.25) is 0 Å². The number of fused-ring (bicyclic) bond motifs is 13. The van der Waals surface area contributed by atoms with E-state index in [0.29, 0.717) is 0 Å². The highest BCUT2D eigenvalue weighted by molar-refractivity contribution is 6.26. The first-order valence-corrected chi connectivity index (χ1v) is 21.2. The molecule has 0 atom stereocenters. The summed E-state index contributed by atoms with van der Waals surface area (Å²) < 4.78 is 9.05. The largest absolute Gasteiger partial charge is 0.454 e. The van der Waals surface area contributed by atoms with Gasteiger partial charge in [-0.25, -0.2) is 0 Å². The summed E-state index contributed by atoms with van der Waals surface area (Å²) >= 11 is 0. The molecule has 0 N–H and O–H groups in total. The predicted molar refractivity (Wildman–Crippen MR) is 258 cm³/mol. The molecule has 286 valence electrons. The smallest absolute Gasteiger partial charge is 0.154 e. The molecule has 10 aromatic carbocycles. The quantitative estimate of drug-likeness (QED) is 0.162. The van der Waals surface area contributed by atoms with Crippen molar-refractivity contribution in [2.75, 3.05) is 4.90 Å². The number of rotatable bonds is 5. The molecule has 3 heteroatoms. The maximum absolute atomic E-state index is 6.60. The van der Waals surface area contributed by atoms with Crippen molar-refractivity contribution in [3.8, 4) is 11.1 Å². The van der Waals surface area contributed by atoms with E-state index in [4.69, 9.17) is 4.42 Å². The monoisotopic (exact) mass is 778 g/mol. The van der Waals surface area contributed by atoms with Crippen LogP contribution in [-0.2, 0) is 0 Å². The highest BCUT2D eigenvalue weighted by atomic mass is 16.3. The molecule has 0 saturated heterocycles. The minimum absolute atomic E-state index is 0.918. The van der Waals surface area contributed by atoms with Crippen molar-refractivity contribution >= 4 is 105 Å². The van der Waals surface area contributed by atoms with Crippen molar-refractivity contribution in [2.24, 2.45) is 0 Å². The summed E-state index contributed by atoms with van der Waals surface area (Å²) in [6, 6.07) is 73.2. The molecule has 1 aliphatic rings. The van der Waals surface area contributed by atoms with Crippen molar-refractivity contribution < 1.29 is 4.42 Å². The molecule has 2 heterocycles. The van der Waals surface area contributed by atoms with Gasteiger partial charge in [0.25, 0.3) is 0 Å². The van der Waals surface area contributed by atoms with Gasteiger partial charge in [0.05, 0.1) is 22.4 Å². The Morgan fingerprint density at radius 2 is 1.00 bits per heavy atom. The highest BCUT2D eigenvalue weighted by Crippen LogP contribution is 2.44. The first kappa shape index (κ1) is 34.0. The molecule has 2 aromatic heterocycles. The molecule has 0 fully saturated rings. The van der Waals surface area contributed by atoms with Gasteiger partial charge in [-0.1, -0.05) is 152 Å². The molecule has 1 aliphatic carbocycles. The third-order valence-electron chi connectivity index (χ3n) is 13.0. The van der Waals surface area contributed by atoms with Crippen molar-refractivity contribution in [3.63, 3.8) is 0 Å². The van der Waals surface area contributed by atoms with Gasteiger partial charge in [0, 0.05) is 38.1 Å². The fraction of sp³-hybridized carbons (Fsp3) is 0.0345. The summed E-state index contributed by atoms with van der Waals surface area (Å²) in [4.78, 5) is 2.43. The second-order valence-electron chi connectivity index (χ2n) is 16.3. The number of nitrogens with zero attached hydrogens (tertiary/aromatic N) is 2. The Kier molecular flexibility index (Phi) is 7.43. The van der Waals surface area contributed by atoms with E-state index in [1.807, 2.05) is 0 Å². The zero-order valence-electron chi connectivity index (χ0n) is 33.3. The van der Waals surface area contributed by atoms with Crippen LogP contribution in [0.4, 0.5) is 17.1 Å². The van der Waals surface area contributed by atoms with Gasteiger partial charge in [0.15, 0.2) is 5.42 Å². The number of benzene rings is 10. The van der Waals surface area contributed by atoms with Crippen LogP contribution in [0.1, 0.15) is 12.8 Å². The van der Waals surface area contributed by atoms with Crippen LogP contribution in [-0.4, -0.2) is 4.57 Å². The van der Waals surface area contributed by atoms with Gasteiger partial charge in [-0.15, -0.1) is 0 Å². The Labute approximate surface area is 351 Å². The summed E-state index contributed by atoms with van der Waals surface area (Å²) in [5.74, 6) is 0. The van der Waals surface area contributed by atoms with Crippen molar-refractivity contribution in [1.29, 1.82) is 0 Å². The predicted octanol–water partition coefficient (Wildman–Crippen LogP) is 14.5. The van der Waals surface area contributed by atoms with E-state index in [2.05, 4.69) is 216 Å². The lowest BCUT2D eigenvalue weighted by atomic mass is 9.94. The van der Waals surface area contributed by atoms with Crippen LogP contribution in [0.3, 0.4) is 0 Å². The number of para-hydroxylation sites is 2. The third kappa shape index (κ3) is 5.17. The first-order chi connectivity index (χ1) is 30.3. The fourth-order valence-corrected chi connectivity index (χ4v) is 10.3. The third-order valence-corrected chi connectivity index (χ3v) is 13.0. The number of furan rings is 1. The van der Waals surface area contributed by atoms with Crippen LogP contribution in [0.5, 0.6) is 0 Å². The normalized spacial score (nSPS) is 12.9. The zero-order chi connectivity index (χ0) is 40.0. The van der Waals surface area contributed by atoms with E-state index in [1.165, 1.54) is 92.3 Å². The second kappa shape index (κ2) is 13.3. The Balaban J connectivity index is 0.968. The molecular formula is C58H38N2O. The standard InChI is InChI=1S/C58H38N2O/c1-2-15-42-38(13-1)14-11-24-53(42)59(41-32-33-47-45-18-4-3-16-43(45)44-17-5-6-19-46(44)51(47)36-41)40-30-27-37(28-31-40)39-29-34-55-52(35-39)48-20-7-9-23-54(48)60(55)56-25-12-22-50-49-21-8-10-26-57(49)61-58(50)56/h1-11,13-24,26-36H,12,25H2. The Bertz CT molecular complexity index is 3850. The van der Waals surface area contributed by atoms with Gasteiger partial charge >= 0.3 is 0 Å². The number of hydrogen-bond donors (Lipinski definition) is 0. The van der Waals surface area contributed by atoms with Crippen LogP contribution in [0, 0.1) is 0 Å². The average molecular weight is 779 g/mol. The molecular weight excluding hydrogens is 741 g/mol. The molecule has 3 nitrogen and oxygen atoms in total. The zero-order valence-corrected chi connectivity index (χ0v) is 33.3. The minimum atomic E-state index is 0.918. The molecule has 0 bridgehead atoms. The Morgan fingerprint density at radius 1 is 0.410 bits per heavy atom. The van der Waals surface area contributed by atoms with E-state index in [1.54, 1.807) is 0 Å². The SMILES string of the molecule is C1=c2c(oc3ccccc23)=C(n2c3ccccc3c3cc(-c4ccc(N(c5ccc6c7ccccc7c7ccccc7c6c5)c5cccc6ccccc56)cc4)ccc32)CC1. The fourth-order valence-electron chi connectivity index (χ4n) is 10.3. The maximum atomic E-state index is 6.60. The van der Waals surface area contributed by atoms with Gasteiger partial charge in [0.2, 0.25) is 0 Å². The number of aromatic nitrogens is 1. The van der Waals surface area contributed by atoms with Crippen LogP contribution >= 0.6 is 0 Å². The molecule has 0 radical (unpaired) electrons. The maximum Gasteiger partial charge on any atom is 0.154 e. The molecule has 0 saturated carbocycles. The molecule has 0 unspecified atom stereocenters. The van der Waals surface area contributed by atoms with Crippen LogP contribution in [0.15, 0.2) is 205 Å². The van der Waals surface area contributed by atoms with Crippen molar-refractivity contribution in [3.05, 3.63) is 211 Å². The number of anilines is 3. The lowest BCUT2D eigenvalue weighted by Crippen LogP contribution is -2.28. The van der Waals surface area contributed by atoms with Gasteiger partial charge in [0.1, 0.15) is 5.58 Å². The minimum Gasteiger partial charge on any atom is -0.454 e. The van der Waals surface area contributed by atoms with Gasteiger partial charge < -0.3 is 13.9 Å². The second-order valence-corrected chi connectivity index (χ2v) is 16.3. The van der Waals surface area contributed by atoms with E-state index in [-0.39, 0.29) is 0 Å². The van der Waals surface area contributed by atoms with Crippen molar-refractivity contribution in [2.45, 2.75) is 12.8 Å².